The molecule has 5 nitrogen and oxygen atoms in total. The average Bonchev–Trinajstić information content (AvgIpc) is 3.00. The minimum Gasteiger partial charge on any atom is -0.370 e. The van der Waals surface area contributed by atoms with E-state index in [1.165, 1.54) is 19.3 Å². The Balaban J connectivity index is 2.06. The summed E-state index contributed by atoms with van der Waals surface area (Å²) in [6, 6.07) is 0.471. The predicted octanol–water partition coefficient (Wildman–Crippen LogP) is 3.58. The van der Waals surface area contributed by atoms with Gasteiger partial charge in [0.2, 0.25) is 11.7 Å². The van der Waals surface area contributed by atoms with Crippen LogP contribution in [-0.4, -0.2) is 29.3 Å². The number of nitrogens with zero attached hydrogens (tertiary/aromatic N) is 2. The molecule has 1 aromatic heterocycles. The van der Waals surface area contributed by atoms with E-state index in [2.05, 4.69) is 29.3 Å². The van der Waals surface area contributed by atoms with Gasteiger partial charge in [0.05, 0.1) is 5.92 Å². The molecule has 3 unspecified atom stereocenters. The largest absolute Gasteiger partial charge is 0.370 e. The third-order valence-corrected chi connectivity index (χ3v) is 4.22. The van der Waals surface area contributed by atoms with Crippen LogP contribution in [0, 0.1) is 0 Å². The topological polar surface area (TPSA) is 60.2 Å². The third-order valence-electron chi connectivity index (χ3n) is 4.22. The number of rotatable bonds is 8. The molecule has 1 heterocycles. The van der Waals surface area contributed by atoms with Gasteiger partial charge in [-0.05, 0) is 39.2 Å². The highest BCUT2D eigenvalue weighted by atomic mass is 16.5. The van der Waals surface area contributed by atoms with Gasteiger partial charge >= 0.3 is 0 Å². The Bertz CT molecular complexity index is 408. The van der Waals surface area contributed by atoms with Gasteiger partial charge in [-0.1, -0.05) is 31.8 Å². The summed E-state index contributed by atoms with van der Waals surface area (Å²) in [5.41, 5.74) is 0. The number of nitrogens with one attached hydrogen (secondary N) is 1. The summed E-state index contributed by atoms with van der Waals surface area (Å²) in [5, 5.41) is 7.80. The van der Waals surface area contributed by atoms with Gasteiger partial charge in [-0.25, -0.2) is 0 Å². The lowest BCUT2D eigenvalue weighted by Gasteiger charge is -2.29. The Labute approximate surface area is 127 Å². The first-order chi connectivity index (χ1) is 10.3. The fourth-order valence-corrected chi connectivity index (χ4v) is 3.11. The molecule has 0 saturated heterocycles. The molecule has 0 bridgehead atoms. The van der Waals surface area contributed by atoms with Gasteiger partial charge in [0.15, 0.2) is 0 Å². The molecule has 120 valence electrons. The Morgan fingerprint density at radius 1 is 1.29 bits per heavy atom. The van der Waals surface area contributed by atoms with Crippen molar-refractivity contribution in [2.75, 3.05) is 13.2 Å². The summed E-state index contributed by atoms with van der Waals surface area (Å²) in [4.78, 5) is 4.64. The standard InChI is InChI=1S/C16H29N3O2/c1-4-11-17-13-10-8-7-9-12(13)16-18-15(19-21-16)14(5-2)20-6-3/h12-14,17H,4-11H2,1-3H3. The number of aromatic nitrogens is 2. The summed E-state index contributed by atoms with van der Waals surface area (Å²) < 4.78 is 11.2. The third kappa shape index (κ3) is 4.27. The van der Waals surface area contributed by atoms with Crippen molar-refractivity contribution in [1.82, 2.24) is 15.5 Å². The molecule has 1 fully saturated rings. The van der Waals surface area contributed by atoms with Gasteiger partial charge in [0.25, 0.3) is 0 Å². The van der Waals surface area contributed by atoms with Crippen molar-refractivity contribution in [2.45, 2.75) is 77.4 Å². The average molecular weight is 295 g/mol. The van der Waals surface area contributed by atoms with Crippen LogP contribution in [0.3, 0.4) is 0 Å². The van der Waals surface area contributed by atoms with Gasteiger partial charge in [-0.15, -0.1) is 0 Å². The van der Waals surface area contributed by atoms with E-state index in [-0.39, 0.29) is 6.10 Å². The van der Waals surface area contributed by atoms with E-state index in [1.54, 1.807) is 0 Å². The van der Waals surface area contributed by atoms with E-state index in [1.807, 2.05) is 6.92 Å². The molecule has 1 aliphatic carbocycles. The van der Waals surface area contributed by atoms with Crippen molar-refractivity contribution in [1.29, 1.82) is 0 Å². The quantitative estimate of drug-likeness (QED) is 0.794. The molecule has 3 atom stereocenters. The van der Waals surface area contributed by atoms with Crippen LogP contribution in [0.4, 0.5) is 0 Å². The predicted molar refractivity (Wildman–Crippen MR) is 82.2 cm³/mol. The van der Waals surface area contributed by atoms with Crippen LogP contribution in [0.2, 0.25) is 0 Å². The fourth-order valence-electron chi connectivity index (χ4n) is 3.11. The minimum absolute atomic E-state index is 0.0434. The normalized spacial score (nSPS) is 24.1. The van der Waals surface area contributed by atoms with E-state index in [4.69, 9.17) is 9.26 Å². The Morgan fingerprint density at radius 3 is 2.81 bits per heavy atom. The van der Waals surface area contributed by atoms with Gasteiger partial charge in [0.1, 0.15) is 6.10 Å². The zero-order valence-electron chi connectivity index (χ0n) is 13.6. The second kappa shape index (κ2) is 8.49. The molecule has 5 heteroatoms. The van der Waals surface area contributed by atoms with Gasteiger partial charge in [0, 0.05) is 12.6 Å². The molecule has 2 rings (SSSR count). The molecule has 1 N–H and O–H groups in total. The number of ether oxygens (including phenoxy) is 1. The van der Waals surface area contributed by atoms with Gasteiger partial charge < -0.3 is 14.6 Å². The highest BCUT2D eigenvalue weighted by molar-refractivity contribution is 5.02. The molecule has 1 aromatic rings. The molecule has 1 aliphatic rings. The first-order valence-corrected chi connectivity index (χ1v) is 8.48. The molecule has 0 aliphatic heterocycles. The van der Waals surface area contributed by atoms with E-state index >= 15 is 0 Å². The lowest BCUT2D eigenvalue weighted by Crippen LogP contribution is -2.37. The molecule has 0 spiro atoms. The lowest BCUT2D eigenvalue weighted by atomic mass is 9.84. The van der Waals surface area contributed by atoms with E-state index in [0.717, 1.165) is 31.7 Å². The maximum atomic E-state index is 5.67. The summed E-state index contributed by atoms with van der Waals surface area (Å²) in [5.74, 6) is 1.84. The smallest absolute Gasteiger partial charge is 0.231 e. The zero-order chi connectivity index (χ0) is 15.1. The Hall–Kier alpha value is -0.940. The molecule has 1 saturated carbocycles. The van der Waals surface area contributed by atoms with Crippen LogP contribution < -0.4 is 5.32 Å². The van der Waals surface area contributed by atoms with Crippen molar-refractivity contribution in [3.05, 3.63) is 11.7 Å². The Kier molecular flexibility index (Phi) is 6.64. The van der Waals surface area contributed by atoms with Crippen LogP contribution in [-0.2, 0) is 4.74 Å². The van der Waals surface area contributed by atoms with E-state index < -0.39 is 0 Å². The number of hydrogen-bond donors (Lipinski definition) is 1. The van der Waals surface area contributed by atoms with Crippen molar-refractivity contribution in [2.24, 2.45) is 0 Å². The minimum atomic E-state index is -0.0434. The van der Waals surface area contributed by atoms with Gasteiger partial charge in [-0.2, -0.15) is 4.98 Å². The lowest BCUT2D eigenvalue weighted by molar-refractivity contribution is 0.0518. The maximum absolute atomic E-state index is 5.67. The maximum Gasteiger partial charge on any atom is 0.231 e. The molecule has 0 amide bonds. The second-order valence-electron chi connectivity index (χ2n) is 5.79. The van der Waals surface area contributed by atoms with Gasteiger partial charge in [-0.3, -0.25) is 0 Å². The highest BCUT2D eigenvalue weighted by Crippen LogP contribution is 2.33. The highest BCUT2D eigenvalue weighted by Gasteiger charge is 2.31. The summed E-state index contributed by atoms with van der Waals surface area (Å²) >= 11 is 0. The van der Waals surface area contributed by atoms with Crippen LogP contribution in [0.1, 0.15) is 83.0 Å². The van der Waals surface area contributed by atoms with Crippen LogP contribution in [0.15, 0.2) is 4.52 Å². The fraction of sp³-hybridized carbons (Fsp3) is 0.875. The monoisotopic (exact) mass is 295 g/mol. The number of hydrogen-bond acceptors (Lipinski definition) is 5. The van der Waals surface area contributed by atoms with Crippen LogP contribution in [0.5, 0.6) is 0 Å². The molecular formula is C16H29N3O2. The van der Waals surface area contributed by atoms with Crippen molar-refractivity contribution in [3.63, 3.8) is 0 Å². The summed E-state index contributed by atoms with van der Waals surface area (Å²) in [6.07, 6.45) is 6.85. The first-order valence-electron chi connectivity index (χ1n) is 8.48. The molecular weight excluding hydrogens is 266 g/mol. The van der Waals surface area contributed by atoms with Crippen molar-refractivity contribution < 1.29 is 9.26 Å². The SMILES string of the molecule is CCCNC1CCCCC1c1nc(C(CC)OCC)no1. The van der Waals surface area contributed by atoms with Crippen LogP contribution in [0.25, 0.3) is 0 Å². The second-order valence-corrected chi connectivity index (χ2v) is 5.79. The Morgan fingerprint density at radius 2 is 2.10 bits per heavy atom. The van der Waals surface area contributed by atoms with Crippen LogP contribution >= 0.6 is 0 Å². The van der Waals surface area contributed by atoms with E-state index in [0.29, 0.717) is 24.4 Å². The molecule has 0 radical (unpaired) electrons. The summed E-state index contributed by atoms with van der Waals surface area (Å²) in [6.45, 7) is 8.01. The molecule has 21 heavy (non-hydrogen) atoms. The van der Waals surface area contributed by atoms with Crippen molar-refractivity contribution >= 4 is 0 Å². The first kappa shape index (κ1) is 16.4. The van der Waals surface area contributed by atoms with E-state index in [9.17, 15) is 0 Å². The van der Waals surface area contributed by atoms with Crippen molar-refractivity contribution in [3.8, 4) is 0 Å². The summed E-state index contributed by atoms with van der Waals surface area (Å²) in [7, 11) is 0. The molecule has 0 aromatic carbocycles. The zero-order valence-corrected chi connectivity index (χ0v) is 13.6.